The molecule has 0 aromatic carbocycles. The minimum Gasteiger partial charge on any atom is -0.302 e. The highest BCUT2D eigenvalue weighted by Crippen LogP contribution is 2.18. The molecule has 0 atom stereocenters. The van der Waals surface area contributed by atoms with Gasteiger partial charge in [-0.05, 0) is 13.8 Å². The van der Waals surface area contributed by atoms with E-state index in [1.54, 1.807) is 10.9 Å². The van der Waals surface area contributed by atoms with Gasteiger partial charge in [0.05, 0.1) is 24.1 Å². The van der Waals surface area contributed by atoms with Crippen molar-refractivity contribution in [2.45, 2.75) is 26.8 Å². The van der Waals surface area contributed by atoms with E-state index in [0.717, 1.165) is 22.4 Å². The van der Waals surface area contributed by atoms with Crippen molar-refractivity contribution in [2.75, 3.05) is 5.32 Å². The molecular weight excluding hydrogens is 288 g/mol. The molecule has 3 aromatic rings. The van der Waals surface area contributed by atoms with E-state index in [1.165, 1.54) is 11.3 Å². The second-order valence-corrected chi connectivity index (χ2v) is 5.76. The molecule has 21 heavy (non-hydrogen) atoms. The second kappa shape index (κ2) is 5.28. The number of rotatable bonds is 4. The molecule has 3 rings (SSSR count). The Labute approximate surface area is 125 Å². The first kappa shape index (κ1) is 13.7. The number of hydrogen-bond donors (Lipinski definition) is 1. The van der Waals surface area contributed by atoms with Crippen LogP contribution in [0.5, 0.6) is 0 Å². The molecule has 0 saturated heterocycles. The minimum atomic E-state index is -0.0606. The summed E-state index contributed by atoms with van der Waals surface area (Å²) in [7, 11) is 1.89. The van der Waals surface area contributed by atoms with Gasteiger partial charge < -0.3 is 5.32 Å². The third kappa shape index (κ3) is 2.66. The molecule has 3 aromatic heterocycles. The summed E-state index contributed by atoms with van der Waals surface area (Å²) in [4.78, 5) is 16.2. The van der Waals surface area contributed by atoms with Crippen LogP contribution < -0.4 is 5.32 Å². The topological polar surface area (TPSA) is 77.6 Å². The Hall–Kier alpha value is -2.22. The average molecular weight is 304 g/mol. The van der Waals surface area contributed by atoms with Gasteiger partial charge in [-0.25, -0.2) is 4.98 Å². The van der Waals surface area contributed by atoms with Gasteiger partial charge >= 0.3 is 0 Å². The normalized spacial score (nSPS) is 11.2. The van der Waals surface area contributed by atoms with Gasteiger partial charge in [-0.2, -0.15) is 10.2 Å². The van der Waals surface area contributed by atoms with Crippen LogP contribution in [0.4, 0.5) is 5.13 Å². The molecule has 7 nitrogen and oxygen atoms in total. The lowest BCUT2D eigenvalue weighted by molar-refractivity contribution is -0.116. The number of carbonyl (C=O) groups is 1. The first-order valence-electron chi connectivity index (χ1n) is 6.61. The van der Waals surface area contributed by atoms with Crippen molar-refractivity contribution >= 4 is 33.4 Å². The third-order valence-corrected chi connectivity index (χ3v) is 4.10. The monoisotopic (exact) mass is 304 g/mol. The van der Waals surface area contributed by atoms with Crippen molar-refractivity contribution in [2.24, 2.45) is 7.05 Å². The summed E-state index contributed by atoms with van der Waals surface area (Å²) >= 11 is 1.43. The zero-order chi connectivity index (χ0) is 15.0. The number of fused-ring (bicyclic) bond motifs is 1. The van der Waals surface area contributed by atoms with Crippen molar-refractivity contribution < 1.29 is 4.79 Å². The zero-order valence-corrected chi connectivity index (χ0v) is 12.9. The molecule has 0 aliphatic carbocycles. The number of amides is 1. The second-order valence-electron chi connectivity index (χ2n) is 4.90. The molecule has 0 spiro atoms. The first-order chi connectivity index (χ1) is 10.0. The van der Waals surface area contributed by atoms with E-state index in [9.17, 15) is 4.79 Å². The smallest absolute Gasteiger partial charge is 0.228 e. The maximum Gasteiger partial charge on any atom is 0.228 e. The highest BCUT2D eigenvalue weighted by molar-refractivity contribution is 7.13. The number of aryl methyl sites for hydroxylation is 4. The van der Waals surface area contributed by atoms with Crippen LogP contribution in [0, 0.1) is 13.8 Å². The van der Waals surface area contributed by atoms with Gasteiger partial charge in [0.25, 0.3) is 0 Å². The van der Waals surface area contributed by atoms with E-state index in [1.807, 2.05) is 31.0 Å². The molecule has 0 saturated carbocycles. The van der Waals surface area contributed by atoms with E-state index in [-0.39, 0.29) is 5.91 Å². The lowest BCUT2D eigenvalue weighted by Crippen LogP contribution is -2.15. The van der Waals surface area contributed by atoms with Gasteiger partial charge in [-0.1, -0.05) is 0 Å². The molecule has 0 unspecified atom stereocenters. The summed E-state index contributed by atoms with van der Waals surface area (Å²) in [6.45, 7) is 4.36. The van der Waals surface area contributed by atoms with Crippen LogP contribution in [-0.2, 0) is 18.4 Å². The summed E-state index contributed by atoms with van der Waals surface area (Å²) in [5.41, 5.74) is 3.79. The van der Waals surface area contributed by atoms with Crippen LogP contribution in [0.2, 0.25) is 0 Å². The van der Waals surface area contributed by atoms with Gasteiger partial charge in [0, 0.05) is 18.8 Å². The Bertz CT molecular complexity index is 799. The van der Waals surface area contributed by atoms with Crippen molar-refractivity contribution in [1.82, 2.24) is 24.5 Å². The number of hydrogen-bond acceptors (Lipinski definition) is 5. The maximum atomic E-state index is 11.9. The van der Waals surface area contributed by atoms with Crippen molar-refractivity contribution in [3.63, 3.8) is 0 Å². The number of carbonyl (C=O) groups excluding carboxylic acids is 1. The van der Waals surface area contributed by atoms with Gasteiger partial charge in [-0.3, -0.25) is 14.2 Å². The number of aromatic nitrogens is 5. The van der Waals surface area contributed by atoms with E-state index in [2.05, 4.69) is 20.5 Å². The third-order valence-electron chi connectivity index (χ3n) is 3.23. The largest absolute Gasteiger partial charge is 0.302 e. The Morgan fingerprint density at radius 3 is 2.95 bits per heavy atom. The molecule has 1 amide bonds. The van der Waals surface area contributed by atoms with Crippen LogP contribution in [0.1, 0.15) is 17.8 Å². The highest BCUT2D eigenvalue weighted by Gasteiger charge is 2.13. The Kier molecular flexibility index (Phi) is 3.46. The summed E-state index contributed by atoms with van der Waals surface area (Å²) in [5.74, 6) is -0.0606. The highest BCUT2D eigenvalue weighted by atomic mass is 32.1. The van der Waals surface area contributed by atoms with Crippen LogP contribution in [0.25, 0.3) is 11.0 Å². The number of anilines is 1. The van der Waals surface area contributed by atoms with E-state index < -0.39 is 0 Å². The van der Waals surface area contributed by atoms with Crippen LogP contribution in [0.15, 0.2) is 11.6 Å². The van der Waals surface area contributed by atoms with Crippen molar-refractivity contribution in [1.29, 1.82) is 0 Å². The fourth-order valence-corrected chi connectivity index (χ4v) is 2.99. The van der Waals surface area contributed by atoms with Crippen molar-refractivity contribution in [3.8, 4) is 0 Å². The van der Waals surface area contributed by atoms with E-state index in [4.69, 9.17) is 0 Å². The molecule has 0 aliphatic heterocycles. The number of nitrogens with one attached hydrogen (secondary N) is 1. The predicted molar refractivity (Wildman–Crippen MR) is 81.3 cm³/mol. The van der Waals surface area contributed by atoms with Gasteiger partial charge in [0.1, 0.15) is 11.0 Å². The molecular formula is C13H16N6OS. The minimum absolute atomic E-state index is 0.0606. The van der Waals surface area contributed by atoms with Gasteiger partial charge in [0.2, 0.25) is 5.91 Å². The van der Waals surface area contributed by atoms with Crippen LogP contribution >= 0.6 is 11.3 Å². The lowest BCUT2D eigenvalue weighted by atomic mass is 10.3. The lowest BCUT2D eigenvalue weighted by Gasteiger charge is -2.03. The van der Waals surface area contributed by atoms with Gasteiger partial charge in [0.15, 0.2) is 5.13 Å². The molecule has 8 heteroatoms. The van der Waals surface area contributed by atoms with Crippen molar-refractivity contribution in [3.05, 3.63) is 23.0 Å². The summed E-state index contributed by atoms with van der Waals surface area (Å²) < 4.78 is 3.62. The molecule has 0 bridgehead atoms. The van der Waals surface area contributed by atoms with E-state index >= 15 is 0 Å². The molecule has 0 aliphatic rings. The van der Waals surface area contributed by atoms with Crippen LogP contribution in [0.3, 0.4) is 0 Å². The quantitative estimate of drug-likeness (QED) is 0.798. The Morgan fingerprint density at radius 1 is 1.43 bits per heavy atom. The zero-order valence-electron chi connectivity index (χ0n) is 12.1. The molecule has 1 N–H and O–H groups in total. The summed E-state index contributed by atoms with van der Waals surface area (Å²) in [6, 6.07) is 0. The summed E-state index contributed by atoms with van der Waals surface area (Å²) in [6.07, 6.45) is 2.13. The standard InChI is InChI=1S/C13H16N6OS/c1-8-7-21-13(15-8)16-11(20)4-5-19-12-9(2)17-18(3)10(12)6-14-19/h6-7H,4-5H2,1-3H3,(H,15,16,20). The number of nitrogens with zero attached hydrogens (tertiary/aromatic N) is 5. The summed E-state index contributed by atoms with van der Waals surface area (Å²) in [5, 5.41) is 14.0. The average Bonchev–Trinajstić information content (AvgIpc) is 3.08. The molecule has 0 fully saturated rings. The Balaban J connectivity index is 1.67. The molecule has 110 valence electrons. The molecule has 3 heterocycles. The Morgan fingerprint density at radius 2 is 2.24 bits per heavy atom. The van der Waals surface area contributed by atoms with E-state index in [0.29, 0.717) is 18.1 Å². The first-order valence-corrected chi connectivity index (χ1v) is 7.49. The van der Waals surface area contributed by atoms with Crippen LogP contribution in [-0.4, -0.2) is 30.5 Å². The number of thiazole rings is 1. The maximum absolute atomic E-state index is 11.9. The molecule has 0 radical (unpaired) electrons. The fourth-order valence-electron chi connectivity index (χ4n) is 2.28. The SMILES string of the molecule is Cc1csc(NC(=O)CCn2ncc3c2c(C)nn3C)n1. The fraction of sp³-hybridized carbons (Fsp3) is 0.385. The predicted octanol–water partition coefficient (Wildman–Crippen LogP) is 1.87. The van der Waals surface area contributed by atoms with Gasteiger partial charge in [-0.15, -0.1) is 11.3 Å².